The van der Waals surface area contributed by atoms with Crippen molar-refractivity contribution in [3.8, 4) is 17.6 Å². The van der Waals surface area contributed by atoms with Crippen LogP contribution in [0.2, 0.25) is 0 Å². The number of nitrogens with zero attached hydrogens (tertiary/aromatic N) is 1. The summed E-state index contributed by atoms with van der Waals surface area (Å²) >= 11 is 0. The average Bonchev–Trinajstić information content (AvgIpc) is 2.76. The molecule has 0 aliphatic carbocycles. The second-order valence-corrected chi connectivity index (χ2v) is 8.09. The lowest BCUT2D eigenvalue weighted by Crippen LogP contribution is -2.25. The third kappa shape index (κ3) is 8.66. The first-order valence-electron chi connectivity index (χ1n) is 11.5. The van der Waals surface area contributed by atoms with Crippen molar-refractivity contribution in [2.24, 2.45) is 5.73 Å². The van der Waals surface area contributed by atoms with Gasteiger partial charge in [0, 0.05) is 0 Å². The van der Waals surface area contributed by atoms with Gasteiger partial charge in [-0.2, -0.15) is 5.26 Å². The molecule has 4 heteroatoms. The maximum Gasteiger partial charge on any atom is 0.161 e. The maximum atomic E-state index is 10.1. The molecule has 2 N–H and O–H groups in total. The Balaban J connectivity index is 2.61. The largest absolute Gasteiger partial charge is 0.493 e. The van der Waals surface area contributed by atoms with Crippen molar-refractivity contribution in [1.29, 1.82) is 5.26 Å². The van der Waals surface area contributed by atoms with Crippen LogP contribution < -0.4 is 15.2 Å². The number of hydrogen-bond donors (Lipinski definition) is 1. The smallest absolute Gasteiger partial charge is 0.161 e. The van der Waals surface area contributed by atoms with Gasteiger partial charge in [-0.1, -0.05) is 77.2 Å². The Morgan fingerprint density at radius 3 is 1.90 bits per heavy atom. The van der Waals surface area contributed by atoms with Crippen LogP contribution in [0.1, 0.15) is 96.0 Å². The lowest BCUT2D eigenvalue weighted by Gasteiger charge is -2.28. The van der Waals surface area contributed by atoms with Crippen molar-refractivity contribution >= 4 is 0 Å². The van der Waals surface area contributed by atoms with Crippen molar-refractivity contribution in [2.45, 2.75) is 95.8 Å². The standard InChI is InChI=1S/C25H42N2O2/c1-4-5-6-7-8-9-10-11-12-13-17-25(21-27,18-14-19-26)22-15-16-23(28-2)24(20-22)29-3/h15-16,20H,4-14,17-19,26H2,1-3H3. The zero-order valence-electron chi connectivity index (χ0n) is 19.0. The molecule has 0 saturated heterocycles. The molecular formula is C25H42N2O2. The molecule has 0 aliphatic heterocycles. The number of methoxy groups -OCH3 is 2. The minimum absolute atomic E-state index is 0.501. The van der Waals surface area contributed by atoms with E-state index in [2.05, 4.69) is 13.0 Å². The lowest BCUT2D eigenvalue weighted by atomic mass is 9.74. The molecule has 1 rings (SSSR count). The highest BCUT2D eigenvalue weighted by Gasteiger charge is 2.32. The fourth-order valence-electron chi connectivity index (χ4n) is 4.04. The van der Waals surface area contributed by atoms with E-state index in [1.165, 1.54) is 57.8 Å². The van der Waals surface area contributed by atoms with E-state index in [1.54, 1.807) is 14.2 Å². The van der Waals surface area contributed by atoms with Gasteiger partial charge in [-0.15, -0.1) is 0 Å². The van der Waals surface area contributed by atoms with E-state index >= 15 is 0 Å². The minimum Gasteiger partial charge on any atom is -0.493 e. The summed E-state index contributed by atoms with van der Waals surface area (Å²) in [6.07, 6.45) is 15.5. The number of benzene rings is 1. The first-order valence-corrected chi connectivity index (χ1v) is 11.5. The van der Waals surface area contributed by atoms with Crippen molar-refractivity contribution < 1.29 is 9.47 Å². The highest BCUT2D eigenvalue weighted by atomic mass is 16.5. The fraction of sp³-hybridized carbons (Fsp3) is 0.720. The summed E-state index contributed by atoms with van der Waals surface area (Å²) in [4.78, 5) is 0. The third-order valence-corrected chi connectivity index (χ3v) is 5.91. The number of ether oxygens (including phenoxy) is 2. The van der Waals surface area contributed by atoms with Gasteiger partial charge in [-0.05, 0) is 43.5 Å². The first kappa shape index (κ1) is 25.3. The quantitative estimate of drug-likeness (QED) is 0.301. The molecule has 164 valence electrons. The predicted octanol–water partition coefficient (Wildman–Crippen LogP) is 6.52. The Bertz CT molecular complexity index is 597. The normalized spacial score (nSPS) is 12.9. The van der Waals surface area contributed by atoms with Gasteiger partial charge in [-0.3, -0.25) is 0 Å². The van der Waals surface area contributed by atoms with Gasteiger partial charge in [0.2, 0.25) is 0 Å². The molecule has 1 aromatic carbocycles. The molecule has 0 amide bonds. The van der Waals surface area contributed by atoms with E-state index in [9.17, 15) is 5.26 Å². The van der Waals surface area contributed by atoms with Crippen LogP contribution in [0.5, 0.6) is 11.5 Å². The molecule has 0 fully saturated rings. The maximum absolute atomic E-state index is 10.1. The zero-order valence-corrected chi connectivity index (χ0v) is 19.0. The van der Waals surface area contributed by atoms with Gasteiger partial charge < -0.3 is 15.2 Å². The molecule has 0 heterocycles. The van der Waals surface area contributed by atoms with Crippen LogP contribution >= 0.6 is 0 Å². The van der Waals surface area contributed by atoms with E-state index in [-0.39, 0.29) is 0 Å². The Morgan fingerprint density at radius 1 is 0.828 bits per heavy atom. The van der Waals surface area contributed by atoms with Crippen molar-refractivity contribution in [3.63, 3.8) is 0 Å². The third-order valence-electron chi connectivity index (χ3n) is 5.91. The second-order valence-electron chi connectivity index (χ2n) is 8.09. The van der Waals surface area contributed by atoms with Crippen LogP contribution in [-0.4, -0.2) is 20.8 Å². The highest BCUT2D eigenvalue weighted by Crippen LogP contribution is 2.39. The Labute approximate surface area is 178 Å². The van der Waals surface area contributed by atoms with E-state index in [0.29, 0.717) is 18.0 Å². The predicted molar refractivity (Wildman–Crippen MR) is 122 cm³/mol. The molecule has 0 bridgehead atoms. The second kappa shape index (κ2) is 15.2. The fourth-order valence-corrected chi connectivity index (χ4v) is 4.04. The van der Waals surface area contributed by atoms with Gasteiger partial charge in [0.25, 0.3) is 0 Å². The van der Waals surface area contributed by atoms with Gasteiger partial charge in [0.1, 0.15) is 0 Å². The van der Waals surface area contributed by atoms with Crippen LogP contribution in [0, 0.1) is 11.3 Å². The minimum atomic E-state index is -0.501. The first-order chi connectivity index (χ1) is 14.2. The summed E-state index contributed by atoms with van der Waals surface area (Å²) < 4.78 is 10.8. The molecule has 1 unspecified atom stereocenters. The zero-order chi connectivity index (χ0) is 21.4. The Hall–Kier alpha value is -1.73. The number of rotatable bonds is 17. The summed E-state index contributed by atoms with van der Waals surface area (Å²) in [6.45, 7) is 2.87. The van der Waals surface area contributed by atoms with Gasteiger partial charge in [0.05, 0.1) is 25.7 Å². The number of unbranched alkanes of at least 4 members (excludes halogenated alkanes) is 9. The molecule has 1 atom stereocenters. The summed E-state index contributed by atoms with van der Waals surface area (Å²) in [5, 5.41) is 10.1. The molecule has 1 aromatic rings. The van der Waals surface area contributed by atoms with Crippen LogP contribution in [0.3, 0.4) is 0 Å². The number of hydrogen-bond acceptors (Lipinski definition) is 4. The van der Waals surface area contributed by atoms with Crippen molar-refractivity contribution in [1.82, 2.24) is 0 Å². The lowest BCUT2D eigenvalue weighted by molar-refractivity contribution is 0.352. The van der Waals surface area contributed by atoms with Crippen molar-refractivity contribution in [2.75, 3.05) is 20.8 Å². The number of nitrogens with two attached hydrogens (primary N) is 1. The molecule has 0 saturated carbocycles. The summed E-state index contributed by atoms with van der Waals surface area (Å²) in [5.41, 5.74) is 6.28. The van der Waals surface area contributed by atoms with E-state index in [4.69, 9.17) is 15.2 Å². The highest BCUT2D eigenvalue weighted by molar-refractivity contribution is 5.47. The SMILES string of the molecule is CCCCCCCCCCCCC(C#N)(CCCN)c1ccc(OC)c(OC)c1. The Morgan fingerprint density at radius 2 is 1.38 bits per heavy atom. The van der Waals surface area contributed by atoms with E-state index in [1.807, 2.05) is 18.2 Å². The van der Waals surface area contributed by atoms with Gasteiger partial charge in [-0.25, -0.2) is 0 Å². The summed E-state index contributed by atoms with van der Waals surface area (Å²) in [6, 6.07) is 8.52. The van der Waals surface area contributed by atoms with E-state index < -0.39 is 5.41 Å². The van der Waals surface area contributed by atoms with Crippen LogP contribution in [0.4, 0.5) is 0 Å². The van der Waals surface area contributed by atoms with Crippen LogP contribution in [0.25, 0.3) is 0 Å². The van der Waals surface area contributed by atoms with Crippen molar-refractivity contribution in [3.05, 3.63) is 23.8 Å². The van der Waals surface area contributed by atoms with Crippen LogP contribution in [0.15, 0.2) is 18.2 Å². The Kier molecular flexibility index (Phi) is 13.2. The molecule has 0 aromatic heterocycles. The van der Waals surface area contributed by atoms with Gasteiger partial charge in [0.15, 0.2) is 11.5 Å². The average molecular weight is 403 g/mol. The molecule has 4 nitrogen and oxygen atoms in total. The topological polar surface area (TPSA) is 68.3 Å². The molecule has 29 heavy (non-hydrogen) atoms. The summed E-state index contributed by atoms with van der Waals surface area (Å²) in [5.74, 6) is 1.38. The van der Waals surface area contributed by atoms with Gasteiger partial charge >= 0.3 is 0 Å². The molecule has 0 spiro atoms. The molecule has 0 radical (unpaired) electrons. The number of nitriles is 1. The molecule has 0 aliphatic rings. The molecular weight excluding hydrogens is 360 g/mol. The summed E-state index contributed by atoms with van der Waals surface area (Å²) in [7, 11) is 3.27. The monoisotopic (exact) mass is 402 g/mol. The van der Waals surface area contributed by atoms with E-state index in [0.717, 1.165) is 31.2 Å². The van der Waals surface area contributed by atoms with Crippen LogP contribution in [-0.2, 0) is 5.41 Å².